The van der Waals surface area contributed by atoms with Crippen molar-refractivity contribution in [3.63, 3.8) is 0 Å². The summed E-state index contributed by atoms with van der Waals surface area (Å²) in [4.78, 5) is 16.5. The lowest BCUT2D eigenvalue weighted by atomic mass is 9.70. The Balaban J connectivity index is 1.64. The highest BCUT2D eigenvalue weighted by Gasteiger charge is 2.34. The van der Waals surface area contributed by atoms with Crippen LogP contribution in [0.25, 0.3) is 0 Å². The van der Waals surface area contributed by atoms with Crippen molar-refractivity contribution < 1.29 is 9.90 Å². The van der Waals surface area contributed by atoms with Crippen molar-refractivity contribution in [3.8, 4) is 0 Å². The van der Waals surface area contributed by atoms with Crippen LogP contribution < -0.4 is 0 Å². The number of aliphatic imine (C=N–C) groups is 1. The van der Waals surface area contributed by atoms with Crippen LogP contribution in [0.1, 0.15) is 80.1 Å². The molecule has 2 aromatic carbocycles. The van der Waals surface area contributed by atoms with E-state index in [-0.39, 0.29) is 5.92 Å². The summed E-state index contributed by atoms with van der Waals surface area (Å²) in [7, 11) is 0. The van der Waals surface area contributed by atoms with Gasteiger partial charge in [0, 0.05) is 23.3 Å². The Hall–Kier alpha value is -2.75. The van der Waals surface area contributed by atoms with Gasteiger partial charge in [0.25, 0.3) is 0 Å². The summed E-state index contributed by atoms with van der Waals surface area (Å²) < 4.78 is 0. The number of nitrogens with zero attached hydrogens (tertiary/aromatic N) is 1. The normalized spacial score (nSPS) is 21.0. The van der Waals surface area contributed by atoms with Crippen molar-refractivity contribution in [2.24, 2.45) is 22.7 Å². The molecule has 4 rings (SSSR count). The molecule has 0 bridgehead atoms. The number of carboxylic acid groups (broad SMARTS) is 1. The highest BCUT2D eigenvalue weighted by Crippen LogP contribution is 2.38. The summed E-state index contributed by atoms with van der Waals surface area (Å²) in [5.41, 5.74) is 4.61. The van der Waals surface area contributed by atoms with Gasteiger partial charge in [-0.3, -0.25) is 4.99 Å². The second kappa shape index (κ2) is 11.4. The molecule has 4 nitrogen and oxygen atoms in total. The SMILES string of the molecule is N=C1CCCCC1C(=Nc1ccccc1)C(CCc1ccc(C(=O)O)cc1)C1CCCCC1. The zero-order valence-corrected chi connectivity index (χ0v) is 19.5. The average Bonchev–Trinajstić information content (AvgIpc) is 2.85. The fraction of sp³-hybridized carbons (Fsp3) is 0.483. The monoisotopic (exact) mass is 444 g/mol. The summed E-state index contributed by atoms with van der Waals surface area (Å²) in [5, 5.41) is 18.0. The lowest BCUT2D eigenvalue weighted by Crippen LogP contribution is -2.36. The van der Waals surface area contributed by atoms with E-state index in [0.29, 0.717) is 17.4 Å². The number of para-hydroxylation sites is 1. The van der Waals surface area contributed by atoms with Crippen LogP contribution in [0.5, 0.6) is 0 Å². The highest BCUT2D eigenvalue weighted by atomic mass is 16.4. The molecule has 0 spiro atoms. The molecule has 0 aliphatic heterocycles. The molecule has 4 heteroatoms. The molecule has 2 atom stereocenters. The van der Waals surface area contributed by atoms with E-state index in [4.69, 9.17) is 10.4 Å². The molecule has 2 saturated carbocycles. The number of carbonyl (C=O) groups is 1. The topological polar surface area (TPSA) is 73.5 Å². The van der Waals surface area contributed by atoms with Crippen LogP contribution in [-0.4, -0.2) is 22.5 Å². The average molecular weight is 445 g/mol. The Bertz CT molecular complexity index is 959. The first-order valence-corrected chi connectivity index (χ1v) is 12.6. The molecule has 2 aliphatic rings. The summed E-state index contributed by atoms with van der Waals surface area (Å²) in [6, 6.07) is 17.6. The van der Waals surface area contributed by atoms with E-state index in [0.717, 1.165) is 43.5 Å². The van der Waals surface area contributed by atoms with Crippen molar-refractivity contribution >= 4 is 23.1 Å². The standard InChI is InChI=1S/C29H36N2O2/c30-27-14-8-7-13-26(27)28(31-24-11-5-2-6-12-24)25(22-9-3-1-4-10-22)20-17-21-15-18-23(19-16-21)29(32)33/h2,5-6,11-12,15-16,18-19,22,25-26,30H,1,3-4,7-10,13-14,17,20H2,(H,32,33). The smallest absolute Gasteiger partial charge is 0.335 e. The number of nitrogens with one attached hydrogen (secondary N) is 1. The van der Waals surface area contributed by atoms with E-state index in [1.54, 1.807) is 12.1 Å². The maximum Gasteiger partial charge on any atom is 0.335 e. The maximum atomic E-state index is 11.2. The summed E-state index contributed by atoms with van der Waals surface area (Å²) in [6.45, 7) is 0. The van der Waals surface area contributed by atoms with Gasteiger partial charge in [0.05, 0.1) is 11.3 Å². The van der Waals surface area contributed by atoms with Crippen molar-refractivity contribution in [2.45, 2.75) is 70.6 Å². The second-order valence-electron chi connectivity index (χ2n) is 9.74. The van der Waals surface area contributed by atoms with E-state index in [1.165, 1.54) is 49.8 Å². The van der Waals surface area contributed by atoms with Crippen molar-refractivity contribution in [1.82, 2.24) is 0 Å². The van der Waals surface area contributed by atoms with E-state index >= 15 is 0 Å². The minimum atomic E-state index is -0.880. The molecule has 0 aromatic heterocycles. The molecule has 0 saturated heterocycles. The van der Waals surface area contributed by atoms with E-state index < -0.39 is 5.97 Å². The number of hydrogen-bond acceptors (Lipinski definition) is 3. The number of aryl methyl sites for hydroxylation is 1. The third-order valence-corrected chi connectivity index (χ3v) is 7.52. The Labute approximate surface area is 197 Å². The predicted octanol–water partition coefficient (Wildman–Crippen LogP) is 7.50. The summed E-state index contributed by atoms with van der Waals surface area (Å²) >= 11 is 0. The minimum Gasteiger partial charge on any atom is -0.478 e. The fourth-order valence-electron chi connectivity index (χ4n) is 5.71. The Morgan fingerprint density at radius 1 is 0.939 bits per heavy atom. The molecule has 0 radical (unpaired) electrons. The van der Waals surface area contributed by atoms with Crippen LogP contribution in [-0.2, 0) is 6.42 Å². The van der Waals surface area contributed by atoms with Gasteiger partial charge >= 0.3 is 5.97 Å². The molecule has 2 unspecified atom stereocenters. The number of hydrogen-bond donors (Lipinski definition) is 2. The quantitative estimate of drug-likeness (QED) is 0.414. The molecule has 0 heterocycles. The van der Waals surface area contributed by atoms with E-state index in [2.05, 4.69) is 12.1 Å². The summed E-state index contributed by atoms with van der Waals surface area (Å²) in [6.07, 6.45) is 12.5. The lowest BCUT2D eigenvalue weighted by molar-refractivity contribution is 0.0697. The van der Waals surface area contributed by atoms with Crippen LogP contribution in [0.3, 0.4) is 0 Å². The number of benzene rings is 2. The molecule has 2 fully saturated rings. The predicted molar refractivity (Wildman–Crippen MR) is 135 cm³/mol. The molecule has 2 aromatic rings. The number of carboxylic acids is 1. The second-order valence-corrected chi connectivity index (χ2v) is 9.74. The first-order valence-electron chi connectivity index (χ1n) is 12.6. The maximum absolute atomic E-state index is 11.2. The first kappa shape index (κ1) is 23.4. The van der Waals surface area contributed by atoms with Crippen molar-refractivity contribution in [2.75, 3.05) is 0 Å². The van der Waals surface area contributed by atoms with Crippen molar-refractivity contribution in [1.29, 1.82) is 5.41 Å². The van der Waals surface area contributed by atoms with Crippen LogP contribution >= 0.6 is 0 Å². The van der Waals surface area contributed by atoms with Gasteiger partial charge < -0.3 is 10.5 Å². The first-order chi connectivity index (χ1) is 16.1. The van der Waals surface area contributed by atoms with Crippen LogP contribution in [0.15, 0.2) is 59.6 Å². The third-order valence-electron chi connectivity index (χ3n) is 7.52. The van der Waals surface area contributed by atoms with Gasteiger partial charge in [-0.25, -0.2) is 4.79 Å². The van der Waals surface area contributed by atoms with Gasteiger partial charge in [0.2, 0.25) is 0 Å². The molecule has 0 amide bonds. The van der Waals surface area contributed by atoms with E-state index in [9.17, 15) is 9.90 Å². The van der Waals surface area contributed by atoms with Gasteiger partial charge in [-0.1, -0.05) is 56.0 Å². The molecule has 174 valence electrons. The number of aromatic carboxylic acids is 1. The van der Waals surface area contributed by atoms with Gasteiger partial charge in [0.15, 0.2) is 0 Å². The third kappa shape index (κ3) is 6.19. The largest absolute Gasteiger partial charge is 0.478 e. The Kier molecular flexibility index (Phi) is 8.09. The lowest BCUT2D eigenvalue weighted by Gasteiger charge is -2.36. The van der Waals surface area contributed by atoms with Gasteiger partial charge in [-0.15, -0.1) is 0 Å². The van der Waals surface area contributed by atoms with Gasteiger partial charge in [0.1, 0.15) is 0 Å². The Morgan fingerprint density at radius 2 is 1.64 bits per heavy atom. The van der Waals surface area contributed by atoms with Gasteiger partial charge in [-0.2, -0.15) is 0 Å². The minimum absolute atomic E-state index is 0.167. The molecular weight excluding hydrogens is 408 g/mol. The molecule has 2 aliphatic carbocycles. The number of rotatable bonds is 8. The Morgan fingerprint density at radius 3 is 2.30 bits per heavy atom. The molecular formula is C29H36N2O2. The molecule has 33 heavy (non-hydrogen) atoms. The zero-order chi connectivity index (χ0) is 23.0. The van der Waals surface area contributed by atoms with Gasteiger partial charge in [-0.05, 0) is 80.7 Å². The van der Waals surface area contributed by atoms with Crippen molar-refractivity contribution in [3.05, 3.63) is 65.7 Å². The van der Waals surface area contributed by atoms with E-state index in [1.807, 2.05) is 30.3 Å². The molecule has 2 N–H and O–H groups in total. The van der Waals surface area contributed by atoms with Crippen LogP contribution in [0.2, 0.25) is 0 Å². The fourth-order valence-corrected chi connectivity index (χ4v) is 5.71. The van der Waals surface area contributed by atoms with Crippen LogP contribution in [0, 0.1) is 23.2 Å². The highest BCUT2D eigenvalue weighted by molar-refractivity contribution is 6.08. The van der Waals surface area contributed by atoms with Crippen LogP contribution in [0.4, 0.5) is 5.69 Å². The zero-order valence-electron chi connectivity index (χ0n) is 19.5. The summed E-state index contributed by atoms with van der Waals surface area (Å²) in [5.74, 6) is 0.275.